The lowest BCUT2D eigenvalue weighted by molar-refractivity contribution is -0.121. The molecule has 2 aromatic carbocycles. The molecule has 0 fully saturated rings. The Bertz CT molecular complexity index is 1500. The third-order valence-corrected chi connectivity index (χ3v) is 6.29. The lowest BCUT2D eigenvalue weighted by Gasteiger charge is -2.21. The standard InChI is InChI=1S/C28H24ClN3O3/c1-16-12-21(29)8-9-22(16)28(23-6-4-5-11-30-23)31-26(33)14-19-7-10-24-20(13-19)15-25(34-24)27-17(2)32-35-18(27)3/h4-13,15,28H,14H2,1-3H3,(H,31,33). The number of carbonyl (C=O) groups is 1. The van der Waals surface area contributed by atoms with E-state index in [1.807, 2.05) is 81.4 Å². The quantitative estimate of drug-likeness (QED) is 0.296. The minimum atomic E-state index is -0.384. The number of hydrogen-bond acceptors (Lipinski definition) is 5. The number of carbonyl (C=O) groups excluding carboxylic acids is 1. The Kier molecular flexibility index (Phi) is 6.14. The van der Waals surface area contributed by atoms with Gasteiger partial charge >= 0.3 is 0 Å². The van der Waals surface area contributed by atoms with Gasteiger partial charge in [0, 0.05) is 16.6 Å². The number of nitrogens with zero attached hydrogens (tertiary/aromatic N) is 2. The number of aryl methyl sites for hydroxylation is 3. The Morgan fingerprint density at radius 2 is 1.91 bits per heavy atom. The van der Waals surface area contributed by atoms with Gasteiger partial charge < -0.3 is 14.3 Å². The number of benzene rings is 2. The number of aromatic nitrogens is 2. The van der Waals surface area contributed by atoms with Crippen molar-refractivity contribution in [2.24, 2.45) is 0 Å². The molecule has 35 heavy (non-hydrogen) atoms. The summed E-state index contributed by atoms with van der Waals surface area (Å²) in [6, 6.07) is 18.7. The third kappa shape index (κ3) is 4.70. The fraction of sp³-hybridized carbons (Fsp3) is 0.179. The number of furan rings is 1. The van der Waals surface area contributed by atoms with Crippen molar-refractivity contribution in [2.75, 3.05) is 0 Å². The number of hydrogen-bond donors (Lipinski definition) is 1. The van der Waals surface area contributed by atoms with Gasteiger partial charge in [-0.25, -0.2) is 0 Å². The van der Waals surface area contributed by atoms with Gasteiger partial charge in [-0.05, 0) is 79.9 Å². The summed E-state index contributed by atoms with van der Waals surface area (Å²) in [4.78, 5) is 17.6. The van der Waals surface area contributed by atoms with Gasteiger partial charge in [-0.3, -0.25) is 9.78 Å². The van der Waals surface area contributed by atoms with Crippen LogP contribution >= 0.6 is 11.6 Å². The molecule has 3 heterocycles. The molecule has 6 nitrogen and oxygen atoms in total. The number of amides is 1. The molecule has 5 aromatic rings. The zero-order valence-electron chi connectivity index (χ0n) is 19.6. The number of rotatable bonds is 6. The maximum absolute atomic E-state index is 13.2. The van der Waals surface area contributed by atoms with Crippen molar-refractivity contribution < 1.29 is 13.7 Å². The molecule has 0 radical (unpaired) electrons. The Morgan fingerprint density at radius 1 is 1.06 bits per heavy atom. The first kappa shape index (κ1) is 22.9. The third-order valence-electron chi connectivity index (χ3n) is 6.06. The Morgan fingerprint density at radius 3 is 2.63 bits per heavy atom. The van der Waals surface area contributed by atoms with Gasteiger partial charge in [-0.15, -0.1) is 0 Å². The number of pyridine rings is 1. The lowest BCUT2D eigenvalue weighted by atomic mass is 9.97. The van der Waals surface area contributed by atoms with Gasteiger partial charge in [0.05, 0.1) is 29.4 Å². The molecule has 0 bridgehead atoms. The van der Waals surface area contributed by atoms with Gasteiger partial charge in [0.1, 0.15) is 17.1 Å². The van der Waals surface area contributed by atoms with Crippen LogP contribution in [0.3, 0.4) is 0 Å². The number of halogens is 1. The molecule has 0 aliphatic heterocycles. The monoisotopic (exact) mass is 485 g/mol. The van der Waals surface area contributed by atoms with E-state index in [9.17, 15) is 4.79 Å². The Balaban J connectivity index is 1.40. The van der Waals surface area contributed by atoms with Crippen molar-refractivity contribution in [1.82, 2.24) is 15.5 Å². The van der Waals surface area contributed by atoms with Crippen molar-refractivity contribution in [3.05, 3.63) is 106 Å². The molecule has 3 aromatic heterocycles. The van der Waals surface area contributed by atoms with Crippen LogP contribution in [0.2, 0.25) is 5.02 Å². The Labute approximate surface area is 207 Å². The predicted molar refractivity (Wildman–Crippen MR) is 135 cm³/mol. The molecule has 5 rings (SSSR count). The molecule has 176 valence electrons. The van der Waals surface area contributed by atoms with Gasteiger partial charge in [-0.2, -0.15) is 0 Å². The zero-order chi connectivity index (χ0) is 24.5. The highest BCUT2D eigenvalue weighted by molar-refractivity contribution is 6.30. The van der Waals surface area contributed by atoms with Gasteiger partial charge in [0.15, 0.2) is 0 Å². The Hall–Kier alpha value is -3.90. The summed E-state index contributed by atoms with van der Waals surface area (Å²) in [6.45, 7) is 5.72. The lowest BCUT2D eigenvalue weighted by Crippen LogP contribution is -2.31. The first-order valence-electron chi connectivity index (χ1n) is 11.3. The fourth-order valence-corrected chi connectivity index (χ4v) is 4.61. The van der Waals surface area contributed by atoms with Crippen molar-refractivity contribution in [1.29, 1.82) is 0 Å². The number of nitrogens with one attached hydrogen (secondary N) is 1. The predicted octanol–water partition coefficient (Wildman–Crippen LogP) is 6.51. The molecule has 1 unspecified atom stereocenters. The zero-order valence-corrected chi connectivity index (χ0v) is 20.4. The van der Waals surface area contributed by atoms with Crippen LogP contribution in [0.1, 0.15) is 39.9 Å². The van der Waals surface area contributed by atoms with Crippen molar-refractivity contribution in [2.45, 2.75) is 33.2 Å². The van der Waals surface area contributed by atoms with E-state index < -0.39 is 0 Å². The molecule has 0 spiro atoms. The van der Waals surface area contributed by atoms with Crippen molar-refractivity contribution in [3.8, 4) is 11.3 Å². The molecule has 1 N–H and O–H groups in total. The highest BCUT2D eigenvalue weighted by Crippen LogP contribution is 2.33. The van der Waals surface area contributed by atoms with E-state index in [-0.39, 0.29) is 18.4 Å². The van der Waals surface area contributed by atoms with Gasteiger partial charge in [-0.1, -0.05) is 35.0 Å². The molecular weight excluding hydrogens is 462 g/mol. The van der Waals surface area contributed by atoms with E-state index in [0.717, 1.165) is 44.6 Å². The second-order valence-corrected chi connectivity index (χ2v) is 9.05. The highest BCUT2D eigenvalue weighted by Gasteiger charge is 2.21. The molecule has 7 heteroatoms. The van der Waals surface area contributed by atoms with Crippen LogP contribution in [0.5, 0.6) is 0 Å². The van der Waals surface area contributed by atoms with E-state index in [1.165, 1.54) is 0 Å². The van der Waals surface area contributed by atoms with Crippen LogP contribution in [0, 0.1) is 20.8 Å². The molecule has 0 saturated heterocycles. The van der Waals surface area contributed by atoms with E-state index in [0.29, 0.717) is 16.5 Å². The minimum Gasteiger partial charge on any atom is -0.456 e. The molecule has 1 amide bonds. The van der Waals surface area contributed by atoms with Crippen LogP contribution in [0.25, 0.3) is 22.3 Å². The summed E-state index contributed by atoms with van der Waals surface area (Å²) in [5.41, 5.74) is 5.97. The van der Waals surface area contributed by atoms with Crippen molar-refractivity contribution in [3.63, 3.8) is 0 Å². The molecular formula is C28H24ClN3O3. The van der Waals surface area contributed by atoms with Crippen LogP contribution in [-0.4, -0.2) is 16.0 Å². The van der Waals surface area contributed by atoms with E-state index in [2.05, 4.69) is 15.5 Å². The summed E-state index contributed by atoms with van der Waals surface area (Å²) >= 11 is 6.16. The van der Waals surface area contributed by atoms with Crippen molar-refractivity contribution >= 4 is 28.5 Å². The smallest absolute Gasteiger partial charge is 0.225 e. The van der Waals surface area contributed by atoms with Crippen LogP contribution in [-0.2, 0) is 11.2 Å². The normalized spacial score (nSPS) is 12.1. The van der Waals surface area contributed by atoms with Crippen LogP contribution in [0.4, 0.5) is 0 Å². The second-order valence-electron chi connectivity index (χ2n) is 8.61. The summed E-state index contributed by atoms with van der Waals surface area (Å²) in [7, 11) is 0. The van der Waals surface area contributed by atoms with Crippen LogP contribution < -0.4 is 5.32 Å². The largest absolute Gasteiger partial charge is 0.456 e. The maximum Gasteiger partial charge on any atom is 0.225 e. The summed E-state index contributed by atoms with van der Waals surface area (Å²) in [5.74, 6) is 1.30. The van der Waals surface area contributed by atoms with E-state index >= 15 is 0 Å². The van der Waals surface area contributed by atoms with E-state index in [1.54, 1.807) is 6.20 Å². The highest BCUT2D eigenvalue weighted by atomic mass is 35.5. The molecule has 0 saturated carbocycles. The first-order chi connectivity index (χ1) is 16.9. The van der Waals surface area contributed by atoms with Gasteiger partial charge in [0.2, 0.25) is 5.91 Å². The summed E-state index contributed by atoms with van der Waals surface area (Å²) < 4.78 is 11.3. The molecule has 0 aliphatic rings. The summed E-state index contributed by atoms with van der Waals surface area (Å²) in [6.07, 6.45) is 1.95. The maximum atomic E-state index is 13.2. The average Bonchev–Trinajstić information content (AvgIpc) is 3.40. The minimum absolute atomic E-state index is 0.108. The number of fused-ring (bicyclic) bond motifs is 1. The molecule has 1 atom stereocenters. The first-order valence-corrected chi connectivity index (χ1v) is 11.7. The van der Waals surface area contributed by atoms with Gasteiger partial charge in [0.25, 0.3) is 0 Å². The second kappa shape index (κ2) is 9.39. The van der Waals surface area contributed by atoms with E-state index in [4.69, 9.17) is 20.5 Å². The summed E-state index contributed by atoms with van der Waals surface area (Å²) in [5, 5.41) is 8.74. The topological polar surface area (TPSA) is 81.2 Å². The SMILES string of the molecule is Cc1cc(Cl)ccc1C(NC(=O)Cc1ccc2oc(-c3c(C)noc3C)cc2c1)c1ccccn1. The molecule has 0 aliphatic carbocycles. The van der Waals surface area contributed by atoms with Crippen LogP contribution in [0.15, 0.2) is 75.8 Å². The average molecular weight is 486 g/mol. The fourth-order valence-electron chi connectivity index (χ4n) is 4.38.